The van der Waals surface area contributed by atoms with Crippen LogP contribution < -0.4 is 10.5 Å². The fourth-order valence-electron chi connectivity index (χ4n) is 1.94. The van der Waals surface area contributed by atoms with Crippen LogP contribution in [0.3, 0.4) is 0 Å². The first-order chi connectivity index (χ1) is 9.26. The van der Waals surface area contributed by atoms with Gasteiger partial charge in [0, 0.05) is 10.8 Å². The predicted octanol–water partition coefficient (Wildman–Crippen LogP) is 4.08. The summed E-state index contributed by atoms with van der Waals surface area (Å²) in [7, 11) is 0. The van der Waals surface area contributed by atoms with Crippen LogP contribution in [0.25, 0.3) is 0 Å². The first kappa shape index (κ1) is 14.6. The number of hydrogen-bond donors (Lipinski definition) is 1. The molecule has 1 unspecified atom stereocenters. The second kappa shape index (κ2) is 5.32. The van der Waals surface area contributed by atoms with Crippen molar-refractivity contribution < 1.29 is 17.9 Å². The van der Waals surface area contributed by atoms with Crippen molar-refractivity contribution in [3.63, 3.8) is 0 Å². The molecule has 2 rings (SSSR count). The molecule has 0 aliphatic heterocycles. The first-order valence-electron chi connectivity index (χ1n) is 5.85. The summed E-state index contributed by atoms with van der Waals surface area (Å²) in [6.45, 7) is 3.82. The number of ether oxygens (including phenoxy) is 1. The number of alkyl halides is 3. The number of nitrogens with two attached hydrogens (primary N) is 1. The molecule has 1 heterocycles. The van der Waals surface area contributed by atoms with Crippen LogP contribution in [0, 0.1) is 6.92 Å². The van der Waals surface area contributed by atoms with Gasteiger partial charge in [-0.3, -0.25) is 0 Å². The van der Waals surface area contributed by atoms with E-state index in [2.05, 4.69) is 9.72 Å². The maximum atomic E-state index is 12.1. The van der Waals surface area contributed by atoms with E-state index >= 15 is 0 Å². The molecule has 0 radical (unpaired) electrons. The molecular formula is C13H13F3N2OS. The summed E-state index contributed by atoms with van der Waals surface area (Å²) < 4.78 is 40.1. The van der Waals surface area contributed by atoms with Gasteiger partial charge in [0.1, 0.15) is 5.75 Å². The Labute approximate surface area is 118 Å². The van der Waals surface area contributed by atoms with Crippen molar-refractivity contribution in [3.05, 3.63) is 40.4 Å². The van der Waals surface area contributed by atoms with E-state index in [0.29, 0.717) is 5.13 Å². The quantitative estimate of drug-likeness (QED) is 0.929. The lowest BCUT2D eigenvalue weighted by molar-refractivity contribution is -0.274. The molecule has 1 atom stereocenters. The van der Waals surface area contributed by atoms with Gasteiger partial charge >= 0.3 is 6.36 Å². The van der Waals surface area contributed by atoms with Crippen molar-refractivity contribution in [1.82, 2.24) is 4.98 Å². The maximum Gasteiger partial charge on any atom is 0.573 e. The molecule has 0 aliphatic rings. The molecule has 7 heteroatoms. The maximum absolute atomic E-state index is 12.1. The number of hydrogen-bond acceptors (Lipinski definition) is 4. The summed E-state index contributed by atoms with van der Waals surface area (Å²) in [6.07, 6.45) is -4.67. The Balaban J connectivity index is 2.19. The van der Waals surface area contributed by atoms with E-state index < -0.39 is 6.36 Å². The Morgan fingerprint density at radius 2 is 1.85 bits per heavy atom. The van der Waals surface area contributed by atoms with Gasteiger partial charge < -0.3 is 10.5 Å². The summed E-state index contributed by atoms with van der Waals surface area (Å²) in [5, 5.41) is 0.487. The zero-order valence-corrected chi connectivity index (χ0v) is 11.7. The van der Waals surface area contributed by atoms with Gasteiger partial charge in [-0.2, -0.15) is 0 Å². The molecule has 0 saturated carbocycles. The number of halogens is 3. The Bertz CT molecular complexity index is 593. The number of aromatic nitrogens is 1. The third-order valence-electron chi connectivity index (χ3n) is 2.86. The summed E-state index contributed by atoms with van der Waals surface area (Å²) in [6, 6.07) is 5.83. The van der Waals surface area contributed by atoms with Gasteiger partial charge in [0.25, 0.3) is 0 Å². The van der Waals surface area contributed by atoms with Crippen LogP contribution in [-0.2, 0) is 0 Å². The minimum atomic E-state index is -4.67. The molecule has 3 nitrogen and oxygen atoms in total. The van der Waals surface area contributed by atoms with Gasteiger partial charge in [-0.25, -0.2) is 4.98 Å². The van der Waals surface area contributed by atoms with E-state index in [-0.39, 0.29) is 11.7 Å². The minimum absolute atomic E-state index is 0.0183. The molecule has 108 valence electrons. The standard InChI is InChI=1S/C13H13F3N2OS/c1-7(11-8(2)18-12(17)20-11)9-3-5-10(6-4-9)19-13(14,15)16/h3-7H,1-2H3,(H2,17,18). The van der Waals surface area contributed by atoms with Crippen LogP contribution in [0.1, 0.15) is 29.0 Å². The molecule has 2 N–H and O–H groups in total. The Hall–Kier alpha value is -1.76. The van der Waals surface area contributed by atoms with Crippen molar-refractivity contribution in [3.8, 4) is 5.75 Å². The first-order valence-corrected chi connectivity index (χ1v) is 6.66. The molecule has 0 fully saturated rings. The second-order valence-corrected chi connectivity index (χ2v) is 5.40. The van der Waals surface area contributed by atoms with Gasteiger partial charge in [0.2, 0.25) is 0 Å². The van der Waals surface area contributed by atoms with Crippen LogP contribution >= 0.6 is 11.3 Å². The molecule has 0 aliphatic carbocycles. The molecule has 20 heavy (non-hydrogen) atoms. The third kappa shape index (κ3) is 3.41. The number of benzene rings is 1. The molecular weight excluding hydrogens is 289 g/mol. The molecule has 0 bridgehead atoms. The summed E-state index contributed by atoms with van der Waals surface area (Å²) in [5.74, 6) is -0.210. The van der Waals surface area contributed by atoms with Crippen LogP contribution in [0.5, 0.6) is 5.75 Å². The van der Waals surface area contributed by atoms with Gasteiger partial charge in [0.05, 0.1) is 5.69 Å². The highest BCUT2D eigenvalue weighted by molar-refractivity contribution is 7.15. The summed E-state index contributed by atoms with van der Waals surface area (Å²) in [5.41, 5.74) is 7.38. The SMILES string of the molecule is Cc1nc(N)sc1C(C)c1ccc(OC(F)(F)F)cc1. The lowest BCUT2D eigenvalue weighted by atomic mass is 9.98. The van der Waals surface area contributed by atoms with Crippen molar-refractivity contribution in [1.29, 1.82) is 0 Å². The summed E-state index contributed by atoms with van der Waals surface area (Å²) >= 11 is 1.39. The van der Waals surface area contributed by atoms with E-state index in [0.717, 1.165) is 16.1 Å². The smallest absolute Gasteiger partial charge is 0.406 e. The highest BCUT2D eigenvalue weighted by Gasteiger charge is 2.31. The number of aryl methyl sites for hydroxylation is 1. The predicted molar refractivity (Wildman–Crippen MR) is 71.9 cm³/mol. The highest BCUT2D eigenvalue weighted by Crippen LogP contribution is 2.33. The van der Waals surface area contributed by atoms with E-state index in [9.17, 15) is 13.2 Å². The molecule has 1 aromatic heterocycles. The molecule has 0 spiro atoms. The van der Waals surface area contributed by atoms with Crippen molar-refractivity contribution in [2.24, 2.45) is 0 Å². The lowest BCUT2D eigenvalue weighted by Gasteiger charge is -2.13. The van der Waals surface area contributed by atoms with Crippen molar-refractivity contribution >= 4 is 16.5 Å². The van der Waals surface area contributed by atoms with Crippen LogP contribution in [-0.4, -0.2) is 11.3 Å². The summed E-state index contributed by atoms with van der Waals surface area (Å²) in [4.78, 5) is 5.15. The van der Waals surface area contributed by atoms with Gasteiger partial charge in [-0.05, 0) is 24.6 Å². The fraction of sp³-hybridized carbons (Fsp3) is 0.308. The van der Waals surface area contributed by atoms with E-state index in [1.54, 1.807) is 12.1 Å². The Morgan fingerprint density at radius 1 is 1.25 bits per heavy atom. The largest absolute Gasteiger partial charge is 0.573 e. The number of nitrogens with zero attached hydrogens (tertiary/aromatic N) is 1. The Kier molecular flexibility index (Phi) is 3.89. The molecule has 0 saturated heterocycles. The average molecular weight is 302 g/mol. The van der Waals surface area contributed by atoms with Crippen LogP contribution in [0.15, 0.2) is 24.3 Å². The average Bonchev–Trinajstić information content (AvgIpc) is 2.66. The number of thiazole rings is 1. The minimum Gasteiger partial charge on any atom is -0.406 e. The van der Waals surface area contributed by atoms with Gasteiger partial charge in [-0.1, -0.05) is 19.1 Å². The lowest BCUT2D eigenvalue weighted by Crippen LogP contribution is -2.17. The van der Waals surface area contributed by atoms with Crippen molar-refractivity contribution in [2.75, 3.05) is 5.73 Å². The van der Waals surface area contributed by atoms with Crippen molar-refractivity contribution in [2.45, 2.75) is 26.1 Å². The topological polar surface area (TPSA) is 48.1 Å². The number of anilines is 1. The second-order valence-electron chi connectivity index (χ2n) is 4.34. The molecule has 1 aromatic carbocycles. The molecule has 2 aromatic rings. The normalized spacial score (nSPS) is 13.2. The zero-order valence-electron chi connectivity index (χ0n) is 10.9. The zero-order chi connectivity index (χ0) is 14.9. The van der Waals surface area contributed by atoms with E-state index in [1.165, 1.54) is 23.5 Å². The van der Waals surface area contributed by atoms with Gasteiger partial charge in [-0.15, -0.1) is 24.5 Å². The fourth-order valence-corrected chi connectivity index (χ4v) is 2.86. The van der Waals surface area contributed by atoms with E-state index in [1.807, 2.05) is 13.8 Å². The van der Waals surface area contributed by atoms with E-state index in [4.69, 9.17) is 5.73 Å². The highest BCUT2D eigenvalue weighted by atomic mass is 32.1. The molecule has 0 amide bonds. The monoisotopic (exact) mass is 302 g/mol. The van der Waals surface area contributed by atoms with Crippen LogP contribution in [0.2, 0.25) is 0 Å². The third-order valence-corrected chi connectivity index (χ3v) is 4.03. The van der Waals surface area contributed by atoms with Gasteiger partial charge in [0.15, 0.2) is 5.13 Å². The Morgan fingerprint density at radius 3 is 2.30 bits per heavy atom. The number of nitrogen functional groups attached to an aromatic ring is 1. The van der Waals surface area contributed by atoms with Crippen LogP contribution in [0.4, 0.5) is 18.3 Å². The number of rotatable bonds is 3.